The number of hydrogen-bond acceptors (Lipinski definition) is 6. The van der Waals surface area contributed by atoms with Crippen molar-refractivity contribution in [1.82, 2.24) is 4.57 Å². The van der Waals surface area contributed by atoms with Crippen LogP contribution in [0.3, 0.4) is 0 Å². The molecular formula is C19H11F5N2O5. The summed E-state index contributed by atoms with van der Waals surface area (Å²) >= 11 is 0. The van der Waals surface area contributed by atoms with Crippen molar-refractivity contribution in [3.8, 4) is 17.2 Å². The highest BCUT2D eigenvalue weighted by Crippen LogP contribution is 2.42. The summed E-state index contributed by atoms with van der Waals surface area (Å²) in [6.07, 6.45) is -8.70. The number of nitrogens with zero attached hydrogens (tertiary/aromatic N) is 1. The van der Waals surface area contributed by atoms with Gasteiger partial charge in [-0.15, -0.1) is 8.78 Å². The first-order valence-corrected chi connectivity index (χ1v) is 8.47. The van der Waals surface area contributed by atoms with E-state index in [2.05, 4.69) is 14.2 Å². The zero-order valence-electron chi connectivity index (χ0n) is 15.4. The largest absolute Gasteiger partial charge is 0.586 e. The number of fused-ring (bicyclic) bond motifs is 2. The molecule has 0 atom stereocenters. The monoisotopic (exact) mass is 442 g/mol. The number of esters is 1. The van der Waals surface area contributed by atoms with E-state index in [0.717, 1.165) is 42.0 Å². The zero-order chi connectivity index (χ0) is 22.7. The highest BCUT2D eigenvalue weighted by Gasteiger charge is 2.43. The molecule has 3 aromatic rings. The van der Waals surface area contributed by atoms with Crippen LogP contribution in [0.25, 0.3) is 16.6 Å². The molecule has 31 heavy (non-hydrogen) atoms. The number of carbonyl (C=O) groups excluding carboxylic acids is 1. The fourth-order valence-corrected chi connectivity index (χ4v) is 3.22. The Morgan fingerprint density at radius 1 is 1.10 bits per heavy atom. The summed E-state index contributed by atoms with van der Waals surface area (Å²) in [5, 5.41) is -0.0593. The van der Waals surface area contributed by atoms with Crippen LogP contribution < -0.4 is 20.8 Å². The van der Waals surface area contributed by atoms with Gasteiger partial charge in [-0.3, -0.25) is 9.36 Å². The molecule has 12 heteroatoms. The van der Waals surface area contributed by atoms with E-state index in [1.807, 2.05) is 0 Å². The van der Waals surface area contributed by atoms with Gasteiger partial charge in [0.15, 0.2) is 11.5 Å². The maximum Gasteiger partial charge on any atom is 0.586 e. The number of pyridine rings is 1. The van der Waals surface area contributed by atoms with E-state index in [1.165, 1.54) is 0 Å². The summed E-state index contributed by atoms with van der Waals surface area (Å²) in [5.41, 5.74) is 2.20. The summed E-state index contributed by atoms with van der Waals surface area (Å²) in [7, 11) is 0.991. The fraction of sp³-hybridized carbons (Fsp3) is 0.158. The maximum absolute atomic E-state index is 13.3. The third kappa shape index (κ3) is 3.29. The second-order valence-electron chi connectivity index (χ2n) is 6.45. The average molecular weight is 442 g/mol. The quantitative estimate of drug-likeness (QED) is 0.481. The van der Waals surface area contributed by atoms with Crippen LogP contribution >= 0.6 is 0 Å². The number of hydrogen-bond donors (Lipinski definition) is 1. The summed E-state index contributed by atoms with van der Waals surface area (Å²) in [5.74, 6) is -1.91. The van der Waals surface area contributed by atoms with Crippen molar-refractivity contribution >= 4 is 22.6 Å². The van der Waals surface area contributed by atoms with E-state index < -0.39 is 40.9 Å². The van der Waals surface area contributed by atoms with E-state index in [4.69, 9.17) is 5.73 Å². The Morgan fingerprint density at radius 3 is 2.42 bits per heavy atom. The van der Waals surface area contributed by atoms with Gasteiger partial charge in [-0.05, 0) is 24.3 Å². The minimum absolute atomic E-state index is 0.0593. The molecule has 0 amide bonds. The van der Waals surface area contributed by atoms with E-state index in [9.17, 15) is 31.5 Å². The Kier molecular flexibility index (Phi) is 4.34. The number of anilines is 1. The first-order valence-electron chi connectivity index (χ1n) is 8.47. The van der Waals surface area contributed by atoms with Crippen LogP contribution in [0.5, 0.6) is 11.5 Å². The molecule has 1 aliphatic heterocycles. The predicted molar refractivity (Wildman–Crippen MR) is 96.5 cm³/mol. The van der Waals surface area contributed by atoms with Gasteiger partial charge in [-0.25, -0.2) is 4.79 Å². The van der Waals surface area contributed by atoms with Crippen molar-refractivity contribution in [2.75, 3.05) is 12.8 Å². The molecule has 0 bridgehead atoms. The van der Waals surface area contributed by atoms with Crippen molar-refractivity contribution in [3.05, 3.63) is 57.9 Å². The molecule has 4 rings (SSSR count). The number of ether oxygens (including phenoxy) is 3. The third-order valence-electron chi connectivity index (χ3n) is 4.57. The standard InChI is InChI=1S/C19H11F5N2O5/c1-29-17(28)14-15(25)10-4-2-8(18(20,21)22)6-11(10)26(16(14)27)9-3-5-12-13(7-9)31-19(23,24)30-12/h2-7H,25H2,1H3. The Bertz CT molecular complexity index is 1300. The van der Waals surface area contributed by atoms with Crippen LogP contribution in [0.1, 0.15) is 15.9 Å². The van der Waals surface area contributed by atoms with Gasteiger partial charge in [-0.2, -0.15) is 13.2 Å². The van der Waals surface area contributed by atoms with Crippen LogP contribution in [0, 0.1) is 0 Å². The van der Waals surface area contributed by atoms with Gasteiger partial charge in [0, 0.05) is 11.5 Å². The molecule has 162 valence electrons. The van der Waals surface area contributed by atoms with E-state index in [1.54, 1.807) is 0 Å². The zero-order valence-corrected chi connectivity index (χ0v) is 15.4. The van der Waals surface area contributed by atoms with Crippen molar-refractivity contribution in [2.24, 2.45) is 0 Å². The predicted octanol–water partition coefficient (Wildman–Crippen LogP) is 3.70. The SMILES string of the molecule is COC(=O)c1c(N)c2ccc(C(F)(F)F)cc2n(-c2ccc3c(c2)OC(F)(F)O3)c1=O. The van der Waals surface area contributed by atoms with Crippen LogP contribution in [0.15, 0.2) is 41.2 Å². The smallest absolute Gasteiger partial charge is 0.465 e. The van der Waals surface area contributed by atoms with Crippen molar-refractivity contribution in [1.29, 1.82) is 0 Å². The normalized spacial score (nSPS) is 14.6. The summed E-state index contributed by atoms with van der Waals surface area (Å²) in [6.45, 7) is 0. The van der Waals surface area contributed by atoms with Gasteiger partial charge in [0.05, 0.1) is 29.6 Å². The van der Waals surface area contributed by atoms with Crippen molar-refractivity contribution in [3.63, 3.8) is 0 Å². The molecule has 0 radical (unpaired) electrons. The molecule has 0 unspecified atom stereocenters. The maximum atomic E-state index is 13.3. The summed E-state index contributed by atoms with van der Waals surface area (Å²) < 4.78 is 80.4. The van der Waals surface area contributed by atoms with Gasteiger partial charge in [-0.1, -0.05) is 6.07 Å². The lowest BCUT2D eigenvalue weighted by molar-refractivity contribution is -0.286. The van der Waals surface area contributed by atoms with Crippen LogP contribution in [-0.2, 0) is 10.9 Å². The Balaban J connectivity index is 2.08. The highest BCUT2D eigenvalue weighted by molar-refractivity contribution is 6.04. The van der Waals surface area contributed by atoms with E-state index in [-0.39, 0.29) is 28.0 Å². The molecule has 2 aromatic carbocycles. The average Bonchev–Trinajstić information content (AvgIpc) is 2.99. The van der Waals surface area contributed by atoms with Crippen LogP contribution in [0.2, 0.25) is 0 Å². The highest BCUT2D eigenvalue weighted by atomic mass is 19.4. The number of rotatable bonds is 2. The fourth-order valence-electron chi connectivity index (χ4n) is 3.22. The number of alkyl halides is 5. The molecule has 1 aliphatic rings. The molecule has 0 aliphatic carbocycles. The molecule has 0 spiro atoms. The topological polar surface area (TPSA) is 92.8 Å². The second-order valence-corrected chi connectivity index (χ2v) is 6.45. The molecule has 1 aromatic heterocycles. The van der Waals surface area contributed by atoms with Crippen LogP contribution in [0.4, 0.5) is 27.6 Å². The molecule has 0 saturated carbocycles. The number of nitrogen functional groups attached to an aromatic ring is 1. The van der Waals surface area contributed by atoms with Gasteiger partial charge in [0.2, 0.25) is 0 Å². The minimum Gasteiger partial charge on any atom is -0.465 e. The lowest BCUT2D eigenvalue weighted by Gasteiger charge is -2.17. The van der Waals surface area contributed by atoms with Crippen molar-refractivity contribution in [2.45, 2.75) is 12.5 Å². The van der Waals surface area contributed by atoms with Crippen molar-refractivity contribution < 1.29 is 41.0 Å². The lowest BCUT2D eigenvalue weighted by Crippen LogP contribution is -2.28. The van der Waals surface area contributed by atoms with Gasteiger partial charge in [0.25, 0.3) is 5.56 Å². The molecule has 2 N–H and O–H groups in total. The first kappa shape index (κ1) is 20.4. The number of halogens is 5. The lowest BCUT2D eigenvalue weighted by atomic mass is 10.1. The number of methoxy groups -OCH3 is 1. The summed E-state index contributed by atoms with van der Waals surface area (Å²) in [4.78, 5) is 25.2. The third-order valence-corrected chi connectivity index (χ3v) is 4.57. The Hall–Kier alpha value is -3.83. The van der Waals surface area contributed by atoms with E-state index in [0.29, 0.717) is 6.07 Å². The van der Waals surface area contributed by atoms with Gasteiger partial charge < -0.3 is 19.9 Å². The Labute approximate surface area is 169 Å². The number of nitrogens with two attached hydrogens (primary N) is 1. The van der Waals surface area contributed by atoms with Gasteiger partial charge in [0.1, 0.15) is 5.56 Å². The minimum atomic E-state index is -4.75. The summed E-state index contributed by atoms with van der Waals surface area (Å²) in [6, 6.07) is 5.54. The molecule has 7 nitrogen and oxygen atoms in total. The van der Waals surface area contributed by atoms with Gasteiger partial charge >= 0.3 is 18.4 Å². The number of carbonyl (C=O) groups is 1. The van der Waals surface area contributed by atoms with Crippen LogP contribution in [-0.4, -0.2) is 23.9 Å². The molecule has 0 saturated heterocycles. The first-order chi connectivity index (χ1) is 14.4. The Morgan fingerprint density at radius 2 is 1.77 bits per heavy atom. The molecule has 2 heterocycles. The molecular weight excluding hydrogens is 431 g/mol. The molecule has 0 fully saturated rings. The second kappa shape index (κ2) is 6.59. The number of benzene rings is 2. The number of aromatic nitrogens is 1. The van der Waals surface area contributed by atoms with E-state index >= 15 is 0 Å².